The van der Waals surface area contributed by atoms with Crippen LogP contribution in [-0.4, -0.2) is 19.6 Å². The molecule has 0 aliphatic heterocycles. The van der Waals surface area contributed by atoms with Crippen molar-refractivity contribution in [3.63, 3.8) is 0 Å². The van der Waals surface area contributed by atoms with Crippen LogP contribution in [-0.2, 0) is 13.6 Å². The van der Waals surface area contributed by atoms with E-state index in [0.29, 0.717) is 0 Å². The largest absolute Gasteiger partial charge is 0.273 e. The van der Waals surface area contributed by atoms with Crippen molar-refractivity contribution in [2.75, 3.05) is 0 Å². The van der Waals surface area contributed by atoms with E-state index < -0.39 is 0 Å². The van der Waals surface area contributed by atoms with Gasteiger partial charge in [-0.1, -0.05) is 0 Å². The van der Waals surface area contributed by atoms with Crippen molar-refractivity contribution < 1.29 is 0 Å². The van der Waals surface area contributed by atoms with Gasteiger partial charge in [0.2, 0.25) is 0 Å². The van der Waals surface area contributed by atoms with Gasteiger partial charge in [0, 0.05) is 25.4 Å². The topological polar surface area (TPSA) is 73.7 Å². The van der Waals surface area contributed by atoms with Gasteiger partial charge >= 0.3 is 0 Å². The van der Waals surface area contributed by atoms with E-state index in [2.05, 4.69) is 22.5 Å². The maximum atomic E-state index is 5.64. The summed E-state index contributed by atoms with van der Waals surface area (Å²) < 4.78 is 3.71. The van der Waals surface area contributed by atoms with Crippen molar-refractivity contribution in [2.24, 2.45) is 12.9 Å². The quantitative estimate of drug-likeness (QED) is 0.596. The van der Waals surface area contributed by atoms with Gasteiger partial charge in [-0.25, -0.2) is 5.43 Å². The molecule has 1 atom stereocenters. The molecule has 2 rings (SSSR count). The van der Waals surface area contributed by atoms with Crippen molar-refractivity contribution in [1.82, 2.24) is 25.0 Å². The lowest BCUT2D eigenvalue weighted by Gasteiger charge is -2.14. The van der Waals surface area contributed by atoms with E-state index in [0.717, 1.165) is 23.5 Å². The predicted molar refractivity (Wildman–Crippen MR) is 65.0 cm³/mol. The Morgan fingerprint density at radius 3 is 2.76 bits per heavy atom. The molecule has 17 heavy (non-hydrogen) atoms. The van der Waals surface area contributed by atoms with Crippen molar-refractivity contribution in [1.29, 1.82) is 0 Å². The minimum atomic E-state index is -0.0819. The zero-order chi connectivity index (χ0) is 12.4. The molecule has 0 spiro atoms. The standard InChI is InChI=1S/C11H18N6/c1-4-17-7-9(6-13-17)11(14-12)10-5-8(2)15-16(10)3/h5-7,11,14H,4,12H2,1-3H3. The summed E-state index contributed by atoms with van der Waals surface area (Å²) in [6.45, 7) is 4.87. The minimum Gasteiger partial charge on any atom is -0.273 e. The van der Waals surface area contributed by atoms with Crippen molar-refractivity contribution in [2.45, 2.75) is 26.4 Å². The summed E-state index contributed by atoms with van der Waals surface area (Å²) in [5, 5.41) is 8.58. The van der Waals surface area contributed by atoms with E-state index in [4.69, 9.17) is 5.84 Å². The maximum Gasteiger partial charge on any atom is 0.0908 e. The Hall–Kier alpha value is -1.66. The number of hydrazine groups is 1. The number of aromatic nitrogens is 4. The third kappa shape index (κ3) is 2.22. The van der Waals surface area contributed by atoms with Crippen LogP contribution in [0.15, 0.2) is 18.5 Å². The molecule has 0 aliphatic rings. The van der Waals surface area contributed by atoms with Gasteiger partial charge in [-0.2, -0.15) is 10.2 Å². The number of hydrogen-bond acceptors (Lipinski definition) is 4. The van der Waals surface area contributed by atoms with Gasteiger partial charge in [-0.3, -0.25) is 15.2 Å². The zero-order valence-electron chi connectivity index (χ0n) is 10.4. The first-order chi connectivity index (χ1) is 8.15. The van der Waals surface area contributed by atoms with E-state index in [1.807, 2.05) is 41.8 Å². The fourth-order valence-corrected chi connectivity index (χ4v) is 1.95. The van der Waals surface area contributed by atoms with Crippen molar-refractivity contribution in [3.05, 3.63) is 35.4 Å². The summed E-state index contributed by atoms with van der Waals surface area (Å²) >= 11 is 0. The average Bonchev–Trinajstić information content (AvgIpc) is 2.88. The molecule has 0 amide bonds. The van der Waals surface area contributed by atoms with Crippen LogP contribution >= 0.6 is 0 Å². The van der Waals surface area contributed by atoms with E-state index in [1.165, 1.54) is 0 Å². The summed E-state index contributed by atoms with van der Waals surface area (Å²) in [4.78, 5) is 0. The highest BCUT2D eigenvalue weighted by Crippen LogP contribution is 2.20. The van der Waals surface area contributed by atoms with Gasteiger partial charge in [0.25, 0.3) is 0 Å². The molecular weight excluding hydrogens is 216 g/mol. The van der Waals surface area contributed by atoms with E-state index in [9.17, 15) is 0 Å². The van der Waals surface area contributed by atoms with Gasteiger partial charge in [0.1, 0.15) is 0 Å². The normalized spacial score (nSPS) is 12.9. The minimum absolute atomic E-state index is 0.0819. The Labute approximate surface area is 100 Å². The van der Waals surface area contributed by atoms with Crippen LogP contribution in [0.5, 0.6) is 0 Å². The second-order valence-corrected chi connectivity index (χ2v) is 4.06. The molecule has 0 aromatic carbocycles. The van der Waals surface area contributed by atoms with Crippen LogP contribution in [0, 0.1) is 6.92 Å². The summed E-state index contributed by atoms with van der Waals surface area (Å²) in [7, 11) is 1.91. The van der Waals surface area contributed by atoms with Crippen LogP contribution in [0.2, 0.25) is 0 Å². The lowest BCUT2D eigenvalue weighted by atomic mass is 10.1. The molecule has 2 heterocycles. The maximum absolute atomic E-state index is 5.64. The Morgan fingerprint density at radius 1 is 1.53 bits per heavy atom. The average molecular weight is 234 g/mol. The Bertz CT molecular complexity index is 498. The zero-order valence-corrected chi connectivity index (χ0v) is 10.4. The molecule has 2 aromatic heterocycles. The predicted octanol–water partition coefficient (Wildman–Crippen LogP) is 0.498. The third-order valence-corrected chi connectivity index (χ3v) is 2.81. The van der Waals surface area contributed by atoms with Crippen molar-refractivity contribution in [3.8, 4) is 0 Å². The van der Waals surface area contributed by atoms with Crippen molar-refractivity contribution >= 4 is 0 Å². The number of nitrogens with zero attached hydrogens (tertiary/aromatic N) is 4. The first kappa shape index (κ1) is 11.8. The molecule has 3 N–H and O–H groups in total. The van der Waals surface area contributed by atoms with E-state index in [-0.39, 0.29) is 6.04 Å². The lowest BCUT2D eigenvalue weighted by Crippen LogP contribution is -2.30. The van der Waals surface area contributed by atoms with E-state index >= 15 is 0 Å². The van der Waals surface area contributed by atoms with Crippen LogP contribution in [0.3, 0.4) is 0 Å². The van der Waals surface area contributed by atoms with Gasteiger partial charge in [-0.05, 0) is 19.9 Å². The summed E-state index contributed by atoms with van der Waals surface area (Å²) in [5.74, 6) is 5.64. The van der Waals surface area contributed by atoms with Crippen LogP contribution < -0.4 is 11.3 Å². The lowest BCUT2D eigenvalue weighted by molar-refractivity contribution is 0.573. The first-order valence-electron chi connectivity index (χ1n) is 5.64. The number of hydrogen-bond donors (Lipinski definition) is 2. The Morgan fingerprint density at radius 2 is 2.29 bits per heavy atom. The van der Waals surface area contributed by atoms with Crippen LogP contribution in [0.4, 0.5) is 0 Å². The van der Waals surface area contributed by atoms with Gasteiger partial charge in [-0.15, -0.1) is 0 Å². The summed E-state index contributed by atoms with van der Waals surface area (Å²) in [6, 6.07) is 1.94. The second kappa shape index (κ2) is 4.68. The highest BCUT2D eigenvalue weighted by atomic mass is 15.3. The SMILES string of the molecule is CCn1cc(C(NN)c2cc(C)nn2C)cn1. The highest BCUT2D eigenvalue weighted by molar-refractivity contribution is 5.25. The molecule has 6 nitrogen and oxygen atoms in total. The first-order valence-corrected chi connectivity index (χ1v) is 5.64. The number of nitrogens with one attached hydrogen (secondary N) is 1. The Kier molecular flexibility index (Phi) is 3.26. The second-order valence-electron chi connectivity index (χ2n) is 4.06. The summed E-state index contributed by atoms with van der Waals surface area (Å²) in [5.41, 5.74) is 5.86. The fraction of sp³-hybridized carbons (Fsp3) is 0.455. The third-order valence-electron chi connectivity index (χ3n) is 2.81. The molecule has 0 radical (unpaired) electrons. The summed E-state index contributed by atoms with van der Waals surface area (Å²) in [6.07, 6.45) is 3.82. The molecule has 0 bridgehead atoms. The molecular formula is C11H18N6. The highest BCUT2D eigenvalue weighted by Gasteiger charge is 2.18. The van der Waals surface area contributed by atoms with Crippen LogP contribution in [0.25, 0.3) is 0 Å². The number of rotatable bonds is 4. The molecule has 0 saturated heterocycles. The molecule has 92 valence electrons. The fourth-order valence-electron chi connectivity index (χ4n) is 1.95. The van der Waals surface area contributed by atoms with Crippen LogP contribution in [0.1, 0.15) is 29.9 Å². The Balaban J connectivity index is 2.36. The molecule has 0 aliphatic carbocycles. The number of nitrogens with two attached hydrogens (primary N) is 1. The van der Waals surface area contributed by atoms with Gasteiger partial charge < -0.3 is 0 Å². The number of aryl methyl sites for hydroxylation is 3. The molecule has 6 heteroatoms. The molecule has 2 aromatic rings. The van der Waals surface area contributed by atoms with E-state index in [1.54, 1.807) is 0 Å². The van der Waals surface area contributed by atoms with Gasteiger partial charge in [0.15, 0.2) is 0 Å². The smallest absolute Gasteiger partial charge is 0.0908 e. The molecule has 0 fully saturated rings. The molecule has 1 unspecified atom stereocenters. The monoisotopic (exact) mass is 234 g/mol. The van der Waals surface area contributed by atoms with Gasteiger partial charge in [0.05, 0.1) is 23.6 Å². The molecule has 0 saturated carbocycles.